The molecule has 1 amide bonds. The van der Waals surface area contributed by atoms with Crippen molar-refractivity contribution in [2.45, 2.75) is 26.4 Å². The first-order valence-electron chi connectivity index (χ1n) is 6.47. The van der Waals surface area contributed by atoms with Gasteiger partial charge >= 0.3 is 6.61 Å². The molecule has 2 N–H and O–H groups in total. The fourth-order valence-electron chi connectivity index (χ4n) is 1.69. The van der Waals surface area contributed by atoms with Gasteiger partial charge in [0.05, 0.1) is 5.56 Å². The highest BCUT2D eigenvalue weighted by Gasteiger charge is 2.14. The maximum atomic E-state index is 12.2. The summed E-state index contributed by atoms with van der Waals surface area (Å²) in [7, 11) is 0. The first-order valence-corrected chi connectivity index (χ1v) is 6.47. The molecule has 0 aliphatic heterocycles. The molecule has 20 heavy (non-hydrogen) atoms. The second-order valence-corrected chi connectivity index (χ2v) is 4.56. The van der Waals surface area contributed by atoms with Crippen molar-refractivity contribution in [3.05, 3.63) is 29.8 Å². The normalized spacial score (nSPS) is 12.2. The van der Waals surface area contributed by atoms with E-state index in [1.54, 1.807) is 6.07 Å². The van der Waals surface area contributed by atoms with Crippen LogP contribution in [0.3, 0.4) is 0 Å². The summed E-state index contributed by atoms with van der Waals surface area (Å²) in [5.74, 6) is -0.400. The summed E-state index contributed by atoms with van der Waals surface area (Å²) in [5.41, 5.74) is 0.0861. The van der Waals surface area contributed by atoms with Gasteiger partial charge in [-0.15, -0.1) is 0 Å². The lowest BCUT2D eigenvalue weighted by atomic mass is 10.1. The van der Waals surface area contributed by atoms with Gasteiger partial charge in [-0.25, -0.2) is 0 Å². The van der Waals surface area contributed by atoms with Gasteiger partial charge in [-0.3, -0.25) is 4.79 Å². The predicted octanol–water partition coefficient (Wildman–Crippen LogP) is 2.43. The summed E-state index contributed by atoms with van der Waals surface area (Å²) in [6.45, 7) is -0.520. The number of halogens is 2. The van der Waals surface area contributed by atoms with Crippen LogP contribution in [-0.4, -0.2) is 30.8 Å². The Morgan fingerprint density at radius 2 is 2.10 bits per heavy atom. The van der Waals surface area contributed by atoms with Gasteiger partial charge < -0.3 is 15.2 Å². The Labute approximate surface area is 116 Å². The van der Waals surface area contributed by atoms with Crippen LogP contribution in [0.1, 0.15) is 30.1 Å². The molecule has 0 heterocycles. The molecule has 1 aromatic carbocycles. The SMILES string of the molecule is CC(CO)CCCNC(=O)c1ccccc1OC(F)F. The summed E-state index contributed by atoms with van der Waals surface area (Å²) in [6, 6.07) is 5.87. The molecule has 1 aromatic rings. The van der Waals surface area contributed by atoms with Gasteiger partial charge in [-0.05, 0) is 30.9 Å². The van der Waals surface area contributed by atoms with E-state index in [1.807, 2.05) is 6.92 Å². The monoisotopic (exact) mass is 287 g/mol. The number of hydrogen-bond donors (Lipinski definition) is 2. The second-order valence-electron chi connectivity index (χ2n) is 4.56. The van der Waals surface area contributed by atoms with Gasteiger partial charge in [0.1, 0.15) is 5.75 Å². The highest BCUT2D eigenvalue weighted by Crippen LogP contribution is 2.20. The molecule has 0 aromatic heterocycles. The van der Waals surface area contributed by atoms with E-state index in [4.69, 9.17) is 5.11 Å². The minimum absolute atomic E-state index is 0.0861. The molecular formula is C14H19F2NO3. The van der Waals surface area contributed by atoms with Crippen molar-refractivity contribution in [3.8, 4) is 5.75 Å². The molecule has 1 rings (SSSR count). The van der Waals surface area contributed by atoms with Crippen LogP contribution < -0.4 is 10.1 Å². The molecule has 0 aliphatic carbocycles. The van der Waals surface area contributed by atoms with Crippen molar-refractivity contribution in [1.82, 2.24) is 5.32 Å². The average Bonchev–Trinajstić information content (AvgIpc) is 2.43. The van der Waals surface area contributed by atoms with E-state index in [1.165, 1.54) is 18.2 Å². The summed E-state index contributed by atoms with van der Waals surface area (Å²) in [4.78, 5) is 11.9. The number of carbonyl (C=O) groups is 1. The molecule has 0 fully saturated rings. The van der Waals surface area contributed by atoms with Crippen LogP contribution in [0.5, 0.6) is 5.75 Å². The Bertz CT molecular complexity index is 427. The van der Waals surface area contributed by atoms with Gasteiger partial charge in [0.25, 0.3) is 5.91 Å². The fourth-order valence-corrected chi connectivity index (χ4v) is 1.69. The van der Waals surface area contributed by atoms with E-state index in [-0.39, 0.29) is 23.8 Å². The maximum absolute atomic E-state index is 12.2. The highest BCUT2D eigenvalue weighted by atomic mass is 19.3. The third kappa shape index (κ3) is 5.52. The molecule has 0 radical (unpaired) electrons. The molecule has 0 saturated carbocycles. The Hall–Kier alpha value is -1.69. The van der Waals surface area contributed by atoms with E-state index >= 15 is 0 Å². The molecule has 0 spiro atoms. The molecule has 112 valence electrons. The van der Waals surface area contributed by atoms with Gasteiger partial charge in [0.2, 0.25) is 0 Å². The molecule has 0 aliphatic rings. The zero-order chi connectivity index (χ0) is 15.0. The number of aliphatic hydroxyl groups is 1. The molecular weight excluding hydrogens is 268 g/mol. The van der Waals surface area contributed by atoms with E-state index in [9.17, 15) is 13.6 Å². The standard InChI is InChI=1S/C14H19F2NO3/c1-10(9-18)5-4-8-17-13(19)11-6-2-3-7-12(11)20-14(15)16/h2-3,6-7,10,14,18H,4-5,8-9H2,1H3,(H,17,19). The summed E-state index contributed by atoms with van der Waals surface area (Å²) in [6.07, 6.45) is 1.50. The van der Waals surface area contributed by atoms with Crippen LogP contribution in [0.4, 0.5) is 8.78 Å². The van der Waals surface area contributed by atoms with Crippen LogP contribution in [-0.2, 0) is 0 Å². The van der Waals surface area contributed by atoms with Crippen molar-refractivity contribution in [2.75, 3.05) is 13.2 Å². The first-order chi connectivity index (χ1) is 9.54. The number of para-hydroxylation sites is 1. The quantitative estimate of drug-likeness (QED) is 0.722. The first kappa shape index (κ1) is 16.4. The topological polar surface area (TPSA) is 58.6 Å². The number of alkyl halides is 2. The number of nitrogens with one attached hydrogen (secondary N) is 1. The summed E-state index contributed by atoms with van der Waals surface area (Å²) in [5, 5.41) is 11.5. The largest absolute Gasteiger partial charge is 0.434 e. The van der Waals surface area contributed by atoms with Crippen molar-refractivity contribution >= 4 is 5.91 Å². The van der Waals surface area contributed by atoms with Crippen LogP contribution in [0.2, 0.25) is 0 Å². The van der Waals surface area contributed by atoms with E-state index in [0.717, 1.165) is 6.42 Å². The lowest BCUT2D eigenvalue weighted by Crippen LogP contribution is -2.25. The van der Waals surface area contributed by atoms with Gasteiger partial charge in [0.15, 0.2) is 0 Å². The minimum atomic E-state index is -2.96. The van der Waals surface area contributed by atoms with Crippen LogP contribution in [0, 0.1) is 5.92 Å². The van der Waals surface area contributed by atoms with Crippen LogP contribution in [0.15, 0.2) is 24.3 Å². The third-order valence-electron chi connectivity index (χ3n) is 2.82. The van der Waals surface area contributed by atoms with E-state index < -0.39 is 12.5 Å². The number of aliphatic hydroxyl groups excluding tert-OH is 1. The van der Waals surface area contributed by atoms with Gasteiger partial charge in [0, 0.05) is 13.2 Å². The summed E-state index contributed by atoms with van der Waals surface area (Å²) < 4.78 is 28.7. The zero-order valence-corrected chi connectivity index (χ0v) is 11.3. The number of hydrogen-bond acceptors (Lipinski definition) is 3. The zero-order valence-electron chi connectivity index (χ0n) is 11.3. The second kappa shape index (κ2) is 8.47. The molecule has 6 heteroatoms. The van der Waals surface area contributed by atoms with E-state index in [0.29, 0.717) is 13.0 Å². The van der Waals surface area contributed by atoms with E-state index in [2.05, 4.69) is 10.1 Å². The van der Waals surface area contributed by atoms with Gasteiger partial charge in [-0.1, -0.05) is 19.1 Å². The Kier molecular flexibility index (Phi) is 6.93. The lowest BCUT2D eigenvalue weighted by molar-refractivity contribution is -0.0501. The van der Waals surface area contributed by atoms with Crippen LogP contribution in [0.25, 0.3) is 0 Å². The Balaban J connectivity index is 2.51. The predicted molar refractivity (Wildman–Crippen MR) is 70.9 cm³/mol. The number of benzene rings is 1. The minimum Gasteiger partial charge on any atom is -0.434 e. The third-order valence-corrected chi connectivity index (χ3v) is 2.82. The Morgan fingerprint density at radius 3 is 2.75 bits per heavy atom. The average molecular weight is 287 g/mol. The molecule has 4 nitrogen and oxygen atoms in total. The van der Waals surface area contributed by atoms with Crippen molar-refractivity contribution in [2.24, 2.45) is 5.92 Å². The molecule has 1 unspecified atom stereocenters. The number of carbonyl (C=O) groups excluding carboxylic acids is 1. The number of amides is 1. The summed E-state index contributed by atoms with van der Waals surface area (Å²) >= 11 is 0. The molecule has 0 saturated heterocycles. The number of ether oxygens (including phenoxy) is 1. The molecule has 1 atom stereocenters. The highest BCUT2D eigenvalue weighted by molar-refractivity contribution is 5.96. The maximum Gasteiger partial charge on any atom is 0.387 e. The van der Waals surface area contributed by atoms with Gasteiger partial charge in [-0.2, -0.15) is 8.78 Å². The lowest BCUT2D eigenvalue weighted by Gasteiger charge is -2.11. The molecule has 0 bridgehead atoms. The fraction of sp³-hybridized carbons (Fsp3) is 0.500. The van der Waals surface area contributed by atoms with Crippen LogP contribution >= 0.6 is 0 Å². The van der Waals surface area contributed by atoms with Crippen molar-refractivity contribution in [1.29, 1.82) is 0 Å². The van der Waals surface area contributed by atoms with Crippen molar-refractivity contribution in [3.63, 3.8) is 0 Å². The smallest absolute Gasteiger partial charge is 0.387 e. The number of rotatable bonds is 8. The Morgan fingerprint density at radius 1 is 1.40 bits per heavy atom. The van der Waals surface area contributed by atoms with Crippen molar-refractivity contribution < 1.29 is 23.4 Å².